The van der Waals surface area contributed by atoms with Crippen LogP contribution in [0.15, 0.2) is 18.2 Å². The molecule has 1 aromatic carbocycles. The van der Waals surface area contributed by atoms with E-state index in [2.05, 4.69) is 0 Å². The van der Waals surface area contributed by atoms with E-state index in [-0.39, 0.29) is 6.61 Å². The zero-order valence-electron chi connectivity index (χ0n) is 10.4. The van der Waals surface area contributed by atoms with E-state index in [0.29, 0.717) is 17.8 Å². The van der Waals surface area contributed by atoms with Crippen LogP contribution in [-0.2, 0) is 10.3 Å². The van der Waals surface area contributed by atoms with E-state index in [4.69, 9.17) is 9.66 Å². The van der Waals surface area contributed by atoms with Gasteiger partial charge in [-0.15, -0.1) is 0 Å². The Bertz CT molecular complexity index is 502. The highest BCUT2D eigenvalue weighted by Gasteiger charge is 2.09. The second-order valence-corrected chi connectivity index (χ2v) is 5.03. The molecule has 0 saturated heterocycles. The first-order valence-electron chi connectivity index (χ1n) is 5.59. The molecular weight excluding hydrogens is 256 g/mol. The highest BCUT2D eigenvalue weighted by Crippen LogP contribution is 2.23. The summed E-state index contributed by atoms with van der Waals surface area (Å²) in [6.07, 6.45) is 0. The van der Waals surface area contributed by atoms with Gasteiger partial charge in [-0.2, -0.15) is 8.42 Å². The largest absolute Gasteiger partial charge is 0.395 e. The number of aryl methyl sites for hydroxylation is 1. The average molecular weight is 274 g/mol. The Morgan fingerprint density at radius 3 is 2.50 bits per heavy atom. The van der Waals surface area contributed by atoms with Gasteiger partial charge >= 0.3 is 10.3 Å². The normalized spacial score (nSPS) is 11.3. The van der Waals surface area contributed by atoms with Crippen LogP contribution in [-0.4, -0.2) is 37.8 Å². The lowest BCUT2D eigenvalue weighted by Crippen LogP contribution is -2.26. The molecule has 6 nitrogen and oxygen atoms in total. The maximum atomic E-state index is 10.7. The van der Waals surface area contributed by atoms with Crippen molar-refractivity contribution in [3.63, 3.8) is 0 Å². The standard InChI is InChI=1S/C11H18N2O4S/c1-3-13(6-7-14)10-4-5-11(9(2)8-10)12-18(15,16)17/h4-5,8,12,14H,3,6-7H2,1-2H3,(H,15,16,17). The summed E-state index contributed by atoms with van der Waals surface area (Å²) in [4.78, 5) is 1.96. The predicted octanol–water partition coefficient (Wildman–Crippen LogP) is 1.03. The van der Waals surface area contributed by atoms with Crippen molar-refractivity contribution < 1.29 is 18.1 Å². The van der Waals surface area contributed by atoms with Crippen molar-refractivity contribution in [1.29, 1.82) is 0 Å². The minimum absolute atomic E-state index is 0.0535. The molecule has 0 saturated carbocycles. The quantitative estimate of drug-likeness (QED) is 0.674. The first-order valence-corrected chi connectivity index (χ1v) is 7.03. The van der Waals surface area contributed by atoms with Gasteiger partial charge in [0.25, 0.3) is 0 Å². The molecule has 0 aliphatic carbocycles. The number of nitrogens with one attached hydrogen (secondary N) is 1. The van der Waals surface area contributed by atoms with E-state index < -0.39 is 10.3 Å². The Morgan fingerprint density at radius 2 is 2.06 bits per heavy atom. The number of likely N-dealkylation sites (N-methyl/N-ethyl adjacent to an activating group) is 1. The van der Waals surface area contributed by atoms with Gasteiger partial charge in [-0.05, 0) is 37.6 Å². The Hall–Kier alpha value is -1.31. The minimum atomic E-state index is -4.25. The first kappa shape index (κ1) is 14.7. The van der Waals surface area contributed by atoms with E-state index in [1.807, 2.05) is 16.5 Å². The van der Waals surface area contributed by atoms with Crippen LogP contribution >= 0.6 is 0 Å². The van der Waals surface area contributed by atoms with Crippen molar-refractivity contribution in [3.8, 4) is 0 Å². The summed E-state index contributed by atoms with van der Waals surface area (Å²) in [5.74, 6) is 0. The van der Waals surface area contributed by atoms with Crippen LogP contribution in [0.3, 0.4) is 0 Å². The molecular formula is C11H18N2O4S. The smallest absolute Gasteiger partial charge is 0.357 e. The second kappa shape index (κ2) is 6.03. The van der Waals surface area contributed by atoms with Crippen molar-refractivity contribution in [2.45, 2.75) is 13.8 Å². The summed E-state index contributed by atoms with van der Waals surface area (Å²) in [5.41, 5.74) is 1.92. The Balaban J connectivity index is 2.98. The number of hydrogen-bond donors (Lipinski definition) is 3. The molecule has 0 aliphatic rings. The van der Waals surface area contributed by atoms with E-state index >= 15 is 0 Å². The first-order chi connectivity index (χ1) is 8.37. The molecule has 0 atom stereocenters. The number of nitrogens with zero attached hydrogens (tertiary/aromatic N) is 1. The summed E-state index contributed by atoms with van der Waals surface area (Å²) < 4.78 is 32.2. The van der Waals surface area contributed by atoms with E-state index in [1.54, 1.807) is 25.1 Å². The third-order valence-corrected chi connectivity index (χ3v) is 3.04. The zero-order chi connectivity index (χ0) is 13.8. The maximum Gasteiger partial charge on any atom is 0.357 e. The molecule has 0 aromatic heterocycles. The SMILES string of the molecule is CCN(CCO)c1ccc(NS(=O)(=O)O)c(C)c1. The third kappa shape index (κ3) is 4.17. The number of benzene rings is 1. The van der Waals surface area contributed by atoms with E-state index in [1.165, 1.54) is 0 Å². The highest BCUT2D eigenvalue weighted by atomic mass is 32.2. The number of anilines is 2. The van der Waals surface area contributed by atoms with Gasteiger partial charge in [0.05, 0.1) is 12.3 Å². The van der Waals surface area contributed by atoms with Gasteiger partial charge in [-0.1, -0.05) is 0 Å². The molecule has 1 aromatic rings. The fourth-order valence-corrected chi connectivity index (χ4v) is 2.20. The van der Waals surface area contributed by atoms with Crippen LogP contribution in [0, 0.1) is 6.92 Å². The van der Waals surface area contributed by atoms with Gasteiger partial charge in [0.15, 0.2) is 0 Å². The van der Waals surface area contributed by atoms with Gasteiger partial charge in [-0.3, -0.25) is 9.27 Å². The summed E-state index contributed by atoms with van der Waals surface area (Å²) in [6, 6.07) is 5.12. The maximum absolute atomic E-state index is 10.7. The molecule has 0 bridgehead atoms. The number of aliphatic hydroxyl groups is 1. The predicted molar refractivity (Wildman–Crippen MR) is 71.3 cm³/mol. The van der Waals surface area contributed by atoms with Crippen molar-refractivity contribution in [3.05, 3.63) is 23.8 Å². The monoisotopic (exact) mass is 274 g/mol. The van der Waals surface area contributed by atoms with Crippen LogP contribution in [0.4, 0.5) is 11.4 Å². The molecule has 3 N–H and O–H groups in total. The van der Waals surface area contributed by atoms with Gasteiger partial charge in [0, 0.05) is 18.8 Å². The molecule has 0 fully saturated rings. The molecule has 7 heteroatoms. The van der Waals surface area contributed by atoms with Crippen molar-refractivity contribution >= 4 is 21.7 Å². The fraction of sp³-hybridized carbons (Fsp3) is 0.455. The van der Waals surface area contributed by atoms with Crippen LogP contribution < -0.4 is 9.62 Å². The molecule has 0 heterocycles. The van der Waals surface area contributed by atoms with Crippen LogP contribution in [0.5, 0.6) is 0 Å². The van der Waals surface area contributed by atoms with Crippen molar-refractivity contribution in [2.75, 3.05) is 29.3 Å². The lowest BCUT2D eigenvalue weighted by Gasteiger charge is -2.23. The third-order valence-electron chi connectivity index (χ3n) is 2.57. The molecule has 0 amide bonds. The molecule has 102 valence electrons. The Kier molecular flexibility index (Phi) is 4.94. The number of hydrogen-bond acceptors (Lipinski definition) is 4. The number of rotatable bonds is 6. The van der Waals surface area contributed by atoms with E-state index in [9.17, 15) is 8.42 Å². The van der Waals surface area contributed by atoms with Crippen LogP contribution in [0.25, 0.3) is 0 Å². The molecule has 0 radical (unpaired) electrons. The van der Waals surface area contributed by atoms with Gasteiger partial charge < -0.3 is 10.0 Å². The van der Waals surface area contributed by atoms with Gasteiger partial charge in [0.2, 0.25) is 0 Å². The highest BCUT2D eigenvalue weighted by molar-refractivity contribution is 7.87. The fourth-order valence-electron chi connectivity index (χ4n) is 1.69. The molecule has 0 spiro atoms. The molecule has 0 unspecified atom stereocenters. The second-order valence-electron chi connectivity index (χ2n) is 3.88. The minimum Gasteiger partial charge on any atom is -0.395 e. The summed E-state index contributed by atoms with van der Waals surface area (Å²) in [7, 11) is -4.25. The summed E-state index contributed by atoms with van der Waals surface area (Å²) in [5, 5.41) is 8.94. The lowest BCUT2D eigenvalue weighted by molar-refractivity contribution is 0.302. The topological polar surface area (TPSA) is 89.9 Å². The Morgan fingerprint density at radius 1 is 1.39 bits per heavy atom. The zero-order valence-corrected chi connectivity index (χ0v) is 11.2. The lowest BCUT2D eigenvalue weighted by atomic mass is 10.1. The summed E-state index contributed by atoms with van der Waals surface area (Å²) in [6.45, 7) is 5.02. The molecule has 1 rings (SSSR count). The Labute approximate surface area is 107 Å². The van der Waals surface area contributed by atoms with Crippen LogP contribution in [0.1, 0.15) is 12.5 Å². The summed E-state index contributed by atoms with van der Waals surface area (Å²) >= 11 is 0. The number of aliphatic hydroxyl groups excluding tert-OH is 1. The molecule has 18 heavy (non-hydrogen) atoms. The van der Waals surface area contributed by atoms with Crippen molar-refractivity contribution in [2.24, 2.45) is 0 Å². The van der Waals surface area contributed by atoms with Crippen molar-refractivity contribution in [1.82, 2.24) is 0 Å². The molecule has 0 aliphatic heterocycles. The van der Waals surface area contributed by atoms with Gasteiger partial charge in [-0.25, -0.2) is 0 Å². The van der Waals surface area contributed by atoms with Gasteiger partial charge in [0.1, 0.15) is 0 Å². The average Bonchev–Trinajstić information content (AvgIpc) is 2.27. The van der Waals surface area contributed by atoms with Crippen LogP contribution in [0.2, 0.25) is 0 Å². The van der Waals surface area contributed by atoms with E-state index in [0.717, 1.165) is 12.2 Å².